The number of carbonyl (C=O) groups is 1. The van der Waals surface area contributed by atoms with Gasteiger partial charge in [0.05, 0.1) is 4.90 Å². The molecule has 1 aromatic rings. The van der Waals surface area contributed by atoms with Crippen LogP contribution in [0.15, 0.2) is 23.1 Å². The third-order valence-corrected chi connectivity index (χ3v) is 3.58. The zero-order chi connectivity index (χ0) is 14.2. The molecule has 1 heterocycles. The first-order valence-corrected chi connectivity index (χ1v) is 6.48. The highest BCUT2D eigenvalue weighted by Gasteiger charge is 2.43. The lowest BCUT2D eigenvalue weighted by Gasteiger charge is -2.29. The van der Waals surface area contributed by atoms with Crippen molar-refractivity contribution in [1.82, 2.24) is 4.90 Å². The van der Waals surface area contributed by atoms with Crippen molar-refractivity contribution in [3.05, 3.63) is 29.3 Å². The van der Waals surface area contributed by atoms with E-state index in [1.165, 1.54) is 12.1 Å². The summed E-state index contributed by atoms with van der Waals surface area (Å²) in [5, 5.41) is 0. The van der Waals surface area contributed by atoms with Gasteiger partial charge in [0.15, 0.2) is 11.1 Å². The smallest absolute Gasteiger partial charge is 0.330 e. The van der Waals surface area contributed by atoms with E-state index in [0.29, 0.717) is 16.9 Å². The molecule has 8 heteroatoms. The molecular weight excluding hydrogens is 283 g/mol. The molecule has 0 aromatic heterocycles. The molecule has 0 radical (unpaired) electrons. The second-order valence-electron chi connectivity index (χ2n) is 4.15. The van der Waals surface area contributed by atoms with Gasteiger partial charge in [0.2, 0.25) is 0 Å². The molecule has 2 rings (SSSR count). The Morgan fingerprint density at radius 2 is 2.00 bits per heavy atom. The molecule has 1 aromatic carbocycles. The van der Waals surface area contributed by atoms with Crippen LogP contribution in [0.2, 0.25) is 0 Å². The Morgan fingerprint density at radius 3 is 2.58 bits per heavy atom. The Balaban J connectivity index is 2.25. The summed E-state index contributed by atoms with van der Waals surface area (Å²) in [7, 11) is 0. The lowest BCUT2D eigenvalue weighted by Crippen LogP contribution is -2.43. The number of amides is 1. The highest BCUT2D eigenvalue weighted by Crippen LogP contribution is 2.26. The highest BCUT2D eigenvalue weighted by atomic mass is 32.2. The summed E-state index contributed by atoms with van der Waals surface area (Å²) in [6, 6.07) is 4.42. The number of halogens is 3. The Morgan fingerprint density at radius 1 is 1.32 bits per heavy atom. The van der Waals surface area contributed by atoms with Crippen LogP contribution in [0, 0.1) is 0 Å². The molecule has 19 heavy (non-hydrogen) atoms. The van der Waals surface area contributed by atoms with Gasteiger partial charge in [0, 0.05) is 13.1 Å². The van der Waals surface area contributed by atoms with Crippen LogP contribution in [-0.4, -0.2) is 32.3 Å². The molecule has 1 atom stereocenters. The molecule has 104 valence electrons. The summed E-state index contributed by atoms with van der Waals surface area (Å²) in [6.07, 6.45) is -4.59. The van der Waals surface area contributed by atoms with E-state index < -0.39 is 23.2 Å². The molecule has 0 saturated heterocycles. The number of rotatable bonds is 1. The quantitative estimate of drug-likeness (QED) is 0.802. The predicted molar refractivity (Wildman–Crippen MR) is 60.7 cm³/mol. The molecule has 1 unspecified atom stereocenters. The SMILES string of the molecule is O=C(N1CCc2ccc(S(=O)O)cc2C1)C(F)(F)F. The normalized spacial score (nSPS) is 16.9. The fourth-order valence-electron chi connectivity index (χ4n) is 1.99. The largest absolute Gasteiger partial charge is 0.471 e. The number of hydrogen-bond acceptors (Lipinski definition) is 2. The molecule has 0 aliphatic carbocycles. The molecule has 4 nitrogen and oxygen atoms in total. The molecule has 0 spiro atoms. The van der Waals surface area contributed by atoms with Gasteiger partial charge >= 0.3 is 12.1 Å². The fourth-order valence-corrected chi connectivity index (χ4v) is 2.42. The van der Waals surface area contributed by atoms with Crippen molar-refractivity contribution < 1.29 is 26.7 Å². The molecule has 1 aliphatic heterocycles. The number of fused-ring (bicyclic) bond motifs is 1. The number of carbonyl (C=O) groups excluding carboxylic acids is 1. The van der Waals surface area contributed by atoms with Gasteiger partial charge in [-0.25, -0.2) is 4.21 Å². The topological polar surface area (TPSA) is 57.6 Å². The Bertz CT molecular complexity index is 544. The van der Waals surface area contributed by atoms with Gasteiger partial charge in [0.25, 0.3) is 0 Å². The summed E-state index contributed by atoms with van der Waals surface area (Å²) in [4.78, 5) is 12.0. The monoisotopic (exact) mass is 293 g/mol. The number of alkyl halides is 3. The molecule has 0 saturated carbocycles. The lowest BCUT2D eigenvalue weighted by molar-refractivity contribution is -0.186. The van der Waals surface area contributed by atoms with Crippen LogP contribution in [-0.2, 0) is 28.8 Å². The standard InChI is InChI=1S/C11H10F3NO3S/c12-11(13,14)10(16)15-4-3-7-1-2-9(19(17)18)5-8(7)6-15/h1-2,5H,3-4,6H2,(H,17,18). The van der Waals surface area contributed by atoms with E-state index in [0.717, 1.165) is 5.56 Å². The third kappa shape index (κ3) is 2.95. The van der Waals surface area contributed by atoms with E-state index in [1.807, 2.05) is 0 Å². The van der Waals surface area contributed by atoms with Gasteiger partial charge in [-0.1, -0.05) is 6.07 Å². The number of hydrogen-bond donors (Lipinski definition) is 1. The fraction of sp³-hybridized carbons (Fsp3) is 0.364. The summed E-state index contributed by atoms with van der Waals surface area (Å²) in [5.41, 5.74) is 1.27. The zero-order valence-electron chi connectivity index (χ0n) is 9.61. The summed E-state index contributed by atoms with van der Waals surface area (Å²) in [6.45, 7) is -0.203. The van der Waals surface area contributed by atoms with E-state index in [9.17, 15) is 22.2 Å². The first-order valence-electron chi connectivity index (χ1n) is 5.38. The van der Waals surface area contributed by atoms with Crippen molar-refractivity contribution in [3.63, 3.8) is 0 Å². The number of benzene rings is 1. The average molecular weight is 293 g/mol. The van der Waals surface area contributed by atoms with Crippen molar-refractivity contribution in [2.75, 3.05) is 6.54 Å². The molecule has 1 amide bonds. The van der Waals surface area contributed by atoms with Gasteiger partial charge < -0.3 is 9.45 Å². The maximum Gasteiger partial charge on any atom is 0.471 e. The zero-order valence-corrected chi connectivity index (χ0v) is 10.4. The van der Waals surface area contributed by atoms with Crippen LogP contribution >= 0.6 is 0 Å². The van der Waals surface area contributed by atoms with Crippen molar-refractivity contribution in [3.8, 4) is 0 Å². The van der Waals surface area contributed by atoms with Crippen molar-refractivity contribution in [2.45, 2.75) is 24.0 Å². The van der Waals surface area contributed by atoms with E-state index in [4.69, 9.17) is 4.55 Å². The van der Waals surface area contributed by atoms with Crippen LogP contribution < -0.4 is 0 Å². The van der Waals surface area contributed by atoms with Crippen molar-refractivity contribution >= 4 is 17.0 Å². The highest BCUT2D eigenvalue weighted by molar-refractivity contribution is 7.79. The summed E-state index contributed by atoms with van der Waals surface area (Å²) < 4.78 is 56.9. The third-order valence-electron chi connectivity index (χ3n) is 2.92. The van der Waals surface area contributed by atoms with E-state index >= 15 is 0 Å². The minimum absolute atomic E-state index is 0.00704. The molecule has 1 aliphatic rings. The molecule has 1 N–H and O–H groups in total. The van der Waals surface area contributed by atoms with Crippen LogP contribution in [0.1, 0.15) is 11.1 Å². The first-order chi connectivity index (χ1) is 8.79. The van der Waals surface area contributed by atoms with Gasteiger partial charge in [-0.15, -0.1) is 0 Å². The second kappa shape index (κ2) is 4.93. The van der Waals surface area contributed by atoms with Crippen LogP contribution in [0.3, 0.4) is 0 Å². The van der Waals surface area contributed by atoms with E-state index in [-0.39, 0.29) is 18.0 Å². The van der Waals surface area contributed by atoms with Crippen LogP contribution in [0.5, 0.6) is 0 Å². The van der Waals surface area contributed by atoms with Gasteiger partial charge in [-0.05, 0) is 29.7 Å². The van der Waals surface area contributed by atoms with Gasteiger partial charge in [-0.2, -0.15) is 13.2 Å². The first kappa shape index (κ1) is 14.0. The average Bonchev–Trinajstić information content (AvgIpc) is 2.35. The maximum absolute atomic E-state index is 12.3. The Labute approximate surface area is 109 Å². The summed E-state index contributed by atoms with van der Waals surface area (Å²) in [5.74, 6) is -1.88. The minimum Gasteiger partial charge on any atom is -0.330 e. The van der Waals surface area contributed by atoms with Crippen LogP contribution in [0.4, 0.5) is 13.2 Å². The molecular formula is C11H10F3NO3S. The lowest BCUT2D eigenvalue weighted by atomic mass is 10.00. The maximum atomic E-state index is 12.3. The van der Waals surface area contributed by atoms with Crippen LogP contribution in [0.25, 0.3) is 0 Å². The summed E-state index contributed by atoms with van der Waals surface area (Å²) >= 11 is -2.19. The van der Waals surface area contributed by atoms with Gasteiger partial charge in [-0.3, -0.25) is 4.79 Å². The second-order valence-corrected chi connectivity index (χ2v) is 5.12. The minimum atomic E-state index is -4.89. The molecule has 0 fully saturated rings. The molecule has 0 bridgehead atoms. The number of nitrogens with zero attached hydrogens (tertiary/aromatic N) is 1. The Hall–Kier alpha value is -1.41. The van der Waals surface area contributed by atoms with Gasteiger partial charge in [0.1, 0.15) is 0 Å². The van der Waals surface area contributed by atoms with Crippen molar-refractivity contribution in [1.29, 1.82) is 0 Å². The van der Waals surface area contributed by atoms with E-state index in [2.05, 4.69) is 0 Å². The predicted octanol–water partition coefficient (Wildman–Crippen LogP) is 1.71. The Kier molecular flexibility index (Phi) is 3.64. The van der Waals surface area contributed by atoms with E-state index in [1.54, 1.807) is 6.07 Å². The van der Waals surface area contributed by atoms with Crippen molar-refractivity contribution in [2.24, 2.45) is 0 Å².